The number of aromatic nitrogens is 1. The summed E-state index contributed by atoms with van der Waals surface area (Å²) in [5.41, 5.74) is 2.50. The zero-order valence-corrected chi connectivity index (χ0v) is 11.1. The van der Waals surface area contributed by atoms with Crippen molar-refractivity contribution in [3.63, 3.8) is 0 Å². The van der Waals surface area contributed by atoms with Crippen LogP contribution in [0.5, 0.6) is 0 Å². The Labute approximate surface area is 112 Å². The lowest BCUT2D eigenvalue weighted by Crippen LogP contribution is -2.27. The van der Waals surface area contributed by atoms with E-state index in [0.29, 0.717) is 5.56 Å². The second-order valence-corrected chi connectivity index (χ2v) is 4.27. The molecule has 0 spiro atoms. The topological polar surface area (TPSA) is 54.0 Å². The lowest BCUT2D eigenvalue weighted by Gasteiger charge is -2.15. The van der Waals surface area contributed by atoms with Crippen LogP contribution in [-0.2, 0) is 0 Å². The summed E-state index contributed by atoms with van der Waals surface area (Å²) in [5, 5.41) is 6.00. The van der Waals surface area contributed by atoms with Gasteiger partial charge in [0.05, 0.1) is 11.6 Å². The van der Waals surface area contributed by atoms with E-state index in [1.54, 1.807) is 25.5 Å². The van der Waals surface area contributed by atoms with Crippen LogP contribution < -0.4 is 10.6 Å². The van der Waals surface area contributed by atoms with Crippen molar-refractivity contribution in [2.45, 2.75) is 13.0 Å². The third kappa shape index (κ3) is 3.10. The maximum absolute atomic E-state index is 12.2. The number of hydrogen-bond acceptors (Lipinski definition) is 3. The second-order valence-electron chi connectivity index (χ2n) is 4.27. The fourth-order valence-electron chi connectivity index (χ4n) is 1.91. The lowest BCUT2D eigenvalue weighted by molar-refractivity contribution is 0.0940. The Hall–Kier alpha value is -2.36. The summed E-state index contributed by atoms with van der Waals surface area (Å²) in [6.07, 6.45) is 3.44. The van der Waals surface area contributed by atoms with Gasteiger partial charge in [-0.3, -0.25) is 9.78 Å². The number of anilines is 1. The SMILES string of the molecule is CNc1ccccc1C(=O)N[C@H](C)c1ccncc1. The Morgan fingerprint density at radius 3 is 2.53 bits per heavy atom. The molecule has 0 saturated carbocycles. The number of nitrogens with zero attached hydrogens (tertiary/aromatic N) is 1. The van der Waals surface area contributed by atoms with Gasteiger partial charge in [-0.05, 0) is 36.8 Å². The molecule has 0 unspecified atom stereocenters. The van der Waals surface area contributed by atoms with E-state index in [1.807, 2.05) is 37.3 Å². The van der Waals surface area contributed by atoms with E-state index >= 15 is 0 Å². The maximum atomic E-state index is 12.2. The number of rotatable bonds is 4. The third-order valence-corrected chi connectivity index (χ3v) is 2.99. The van der Waals surface area contributed by atoms with Gasteiger partial charge in [0, 0.05) is 25.1 Å². The maximum Gasteiger partial charge on any atom is 0.253 e. The van der Waals surface area contributed by atoms with Gasteiger partial charge in [0.2, 0.25) is 0 Å². The molecule has 0 aliphatic carbocycles. The molecule has 1 amide bonds. The summed E-state index contributed by atoms with van der Waals surface area (Å²) in [4.78, 5) is 16.2. The van der Waals surface area contributed by atoms with Crippen molar-refractivity contribution >= 4 is 11.6 Å². The Balaban J connectivity index is 2.13. The van der Waals surface area contributed by atoms with Crippen molar-refractivity contribution in [3.05, 3.63) is 59.9 Å². The number of carbonyl (C=O) groups excluding carboxylic acids is 1. The van der Waals surface area contributed by atoms with E-state index in [-0.39, 0.29) is 11.9 Å². The van der Waals surface area contributed by atoms with Crippen LogP contribution in [0, 0.1) is 0 Å². The largest absolute Gasteiger partial charge is 0.387 e. The summed E-state index contributed by atoms with van der Waals surface area (Å²) < 4.78 is 0. The summed E-state index contributed by atoms with van der Waals surface area (Å²) in [7, 11) is 1.80. The van der Waals surface area contributed by atoms with Gasteiger partial charge in [0.25, 0.3) is 5.91 Å². The molecule has 1 aromatic carbocycles. The molecule has 4 nitrogen and oxygen atoms in total. The highest BCUT2D eigenvalue weighted by Gasteiger charge is 2.13. The van der Waals surface area contributed by atoms with Crippen LogP contribution in [0.1, 0.15) is 28.9 Å². The van der Waals surface area contributed by atoms with Gasteiger partial charge in [-0.15, -0.1) is 0 Å². The quantitative estimate of drug-likeness (QED) is 0.883. The molecule has 98 valence electrons. The van der Waals surface area contributed by atoms with Gasteiger partial charge in [0.15, 0.2) is 0 Å². The molecule has 0 fully saturated rings. The Bertz CT molecular complexity index is 554. The fourth-order valence-corrected chi connectivity index (χ4v) is 1.91. The van der Waals surface area contributed by atoms with E-state index in [0.717, 1.165) is 11.3 Å². The highest BCUT2D eigenvalue weighted by molar-refractivity contribution is 5.99. The molecule has 4 heteroatoms. The van der Waals surface area contributed by atoms with Gasteiger partial charge in [-0.2, -0.15) is 0 Å². The Morgan fingerprint density at radius 1 is 1.16 bits per heavy atom. The van der Waals surface area contributed by atoms with Crippen LogP contribution in [0.2, 0.25) is 0 Å². The Kier molecular flexibility index (Phi) is 4.13. The molecule has 1 atom stereocenters. The van der Waals surface area contributed by atoms with E-state index in [1.165, 1.54) is 0 Å². The van der Waals surface area contributed by atoms with Crippen LogP contribution in [0.3, 0.4) is 0 Å². The summed E-state index contributed by atoms with van der Waals surface area (Å²) in [5.74, 6) is -0.0886. The number of hydrogen-bond donors (Lipinski definition) is 2. The van der Waals surface area contributed by atoms with Crippen molar-refractivity contribution in [2.75, 3.05) is 12.4 Å². The number of nitrogens with one attached hydrogen (secondary N) is 2. The van der Waals surface area contributed by atoms with Crippen LogP contribution in [0.25, 0.3) is 0 Å². The van der Waals surface area contributed by atoms with Crippen molar-refractivity contribution in [3.8, 4) is 0 Å². The first kappa shape index (κ1) is 13.1. The minimum Gasteiger partial charge on any atom is -0.387 e. The smallest absolute Gasteiger partial charge is 0.253 e. The van der Waals surface area contributed by atoms with Crippen LogP contribution in [0.4, 0.5) is 5.69 Å². The van der Waals surface area contributed by atoms with Gasteiger partial charge >= 0.3 is 0 Å². The van der Waals surface area contributed by atoms with E-state index in [9.17, 15) is 4.79 Å². The molecule has 0 saturated heterocycles. The van der Waals surface area contributed by atoms with Crippen LogP contribution >= 0.6 is 0 Å². The molecular formula is C15H17N3O. The van der Waals surface area contributed by atoms with E-state index < -0.39 is 0 Å². The molecule has 19 heavy (non-hydrogen) atoms. The van der Waals surface area contributed by atoms with Gasteiger partial charge < -0.3 is 10.6 Å². The van der Waals surface area contributed by atoms with Crippen LogP contribution in [0.15, 0.2) is 48.8 Å². The third-order valence-electron chi connectivity index (χ3n) is 2.99. The lowest BCUT2D eigenvalue weighted by atomic mass is 10.1. The molecule has 0 bridgehead atoms. The standard InChI is InChI=1S/C15H17N3O/c1-11(12-7-9-17-10-8-12)18-15(19)13-5-3-4-6-14(13)16-2/h3-11,16H,1-2H3,(H,18,19)/t11-/m1/s1. The molecule has 2 rings (SSSR count). The zero-order valence-electron chi connectivity index (χ0n) is 11.1. The van der Waals surface area contributed by atoms with Gasteiger partial charge in [0.1, 0.15) is 0 Å². The number of amides is 1. The minimum atomic E-state index is -0.0886. The van der Waals surface area contributed by atoms with Gasteiger partial charge in [-0.1, -0.05) is 12.1 Å². The zero-order chi connectivity index (χ0) is 13.7. The van der Waals surface area contributed by atoms with Crippen molar-refractivity contribution < 1.29 is 4.79 Å². The molecule has 1 heterocycles. The highest BCUT2D eigenvalue weighted by Crippen LogP contribution is 2.16. The van der Waals surface area contributed by atoms with Crippen molar-refractivity contribution in [2.24, 2.45) is 0 Å². The molecule has 2 N–H and O–H groups in total. The molecular weight excluding hydrogens is 238 g/mol. The molecule has 2 aromatic rings. The van der Waals surface area contributed by atoms with Crippen molar-refractivity contribution in [1.29, 1.82) is 0 Å². The molecule has 0 aliphatic rings. The number of para-hydroxylation sites is 1. The van der Waals surface area contributed by atoms with E-state index in [4.69, 9.17) is 0 Å². The van der Waals surface area contributed by atoms with E-state index in [2.05, 4.69) is 15.6 Å². The average molecular weight is 255 g/mol. The summed E-state index contributed by atoms with van der Waals surface area (Å²) >= 11 is 0. The average Bonchev–Trinajstić information content (AvgIpc) is 2.48. The predicted molar refractivity (Wildman–Crippen MR) is 76.1 cm³/mol. The summed E-state index contributed by atoms with van der Waals surface area (Å²) in [6.45, 7) is 1.95. The normalized spacial score (nSPS) is 11.7. The number of carbonyl (C=O) groups is 1. The first-order valence-corrected chi connectivity index (χ1v) is 6.20. The first-order valence-electron chi connectivity index (χ1n) is 6.20. The monoisotopic (exact) mass is 255 g/mol. The molecule has 0 radical (unpaired) electrons. The van der Waals surface area contributed by atoms with Gasteiger partial charge in [-0.25, -0.2) is 0 Å². The first-order chi connectivity index (χ1) is 9.22. The number of pyridine rings is 1. The minimum absolute atomic E-state index is 0.0552. The Morgan fingerprint density at radius 2 is 1.84 bits per heavy atom. The molecule has 0 aliphatic heterocycles. The predicted octanol–water partition coefficient (Wildman–Crippen LogP) is 2.61. The summed E-state index contributed by atoms with van der Waals surface area (Å²) in [6, 6.07) is 11.2. The fraction of sp³-hybridized carbons (Fsp3) is 0.200. The van der Waals surface area contributed by atoms with Crippen LogP contribution in [-0.4, -0.2) is 17.9 Å². The molecule has 1 aromatic heterocycles. The second kappa shape index (κ2) is 6.00. The number of benzene rings is 1. The highest BCUT2D eigenvalue weighted by atomic mass is 16.1. The van der Waals surface area contributed by atoms with Crippen molar-refractivity contribution in [1.82, 2.24) is 10.3 Å².